The summed E-state index contributed by atoms with van der Waals surface area (Å²) in [5.41, 5.74) is 5.97. The van der Waals surface area contributed by atoms with Gasteiger partial charge in [0.05, 0.1) is 0 Å². The number of benzene rings is 2. The Morgan fingerprint density at radius 3 is 2.36 bits per heavy atom. The maximum absolute atomic E-state index is 12.0. The van der Waals surface area contributed by atoms with Crippen LogP contribution in [0.2, 0.25) is 0 Å². The van der Waals surface area contributed by atoms with E-state index in [2.05, 4.69) is 12.1 Å². The molecule has 1 aliphatic carbocycles. The lowest BCUT2D eigenvalue weighted by Crippen LogP contribution is -2.04. The van der Waals surface area contributed by atoms with Crippen LogP contribution in [0.15, 0.2) is 77.9 Å². The summed E-state index contributed by atoms with van der Waals surface area (Å²) in [7, 11) is 0. The monoisotopic (exact) mass is 330 g/mol. The molecule has 2 aromatic carbocycles. The molecule has 2 nitrogen and oxygen atoms in total. The third kappa shape index (κ3) is 3.48. The molecule has 0 heterocycles. The smallest absolute Gasteiger partial charge is 0.181 e. The number of rotatable bonds is 4. The molecule has 0 amide bonds. The van der Waals surface area contributed by atoms with E-state index >= 15 is 0 Å². The highest BCUT2D eigenvalue weighted by molar-refractivity contribution is 6.07. The lowest BCUT2D eigenvalue weighted by Gasteiger charge is -2.16. The van der Waals surface area contributed by atoms with Crippen LogP contribution in [0, 0.1) is 0 Å². The maximum atomic E-state index is 12.0. The minimum atomic E-state index is 0.0821. The van der Waals surface area contributed by atoms with Crippen LogP contribution in [0.5, 0.6) is 5.75 Å². The number of aryl methyl sites for hydroxylation is 1. The molecule has 2 heteroatoms. The van der Waals surface area contributed by atoms with Gasteiger partial charge in [-0.15, -0.1) is 0 Å². The first-order valence-corrected chi connectivity index (χ1v) is 8.69. The van der Waals surface area contributed by atoms with Crippen molar-refractivity contribution in [2.45, 2.75) is 26.7 Å². The van der Waals surface area contributed by atoms with E-state index in [1.807, 2.05) is 56.3 Å². The zero-order valence-corrected chi connectivity index (χ0v) is 14.6. The average molecular weight is 330 g/mol. The largest absolute Gasteiger partial charge is 0.508 e. The van der Waals surface area contributed by atoms with Crippen molar-refractivity contribution in [1.82, 2.24) is 0 Å². The molecule has 0 saturated heterocycles. The van der Waals surface area contributed by atoms with Gasteiger partial charge in [0.1, 0.15) is 5.75 Å². The zero-order valence-electron chi connectivity index (χ0n) is 14.6. The molecular formula is C23H22O2. The van der Waals surface area contributed by atoms with Crippen LogP contribution >= 0.6 is 0 Å². The van der Waals surface area contributed by atoms with Crippen LogP contribution in [0.25, 0.3) is 5.57 Å². The predicted octanol–water partition coefficient (Wildman–Crippen LogP) is 5.23. The molecule has 0 aliphatic heterocycles. The minimum absolute atomic E-state index is 0.0821. The fourth-order valence-electron chi connectivity index (χ4n) is 3.14. The molecule has 0 bridgehead atoms. The van der Waals surface area contributed by atoms with Gasteiger partial charge in [-0.05, 0) is 70.5 Å². The summed E-state index contributed by atoms with van der Waals surface area (Å²) in [5, 5.41) is 10.0. The first-order chi connectivity index (χ1) is 12.1. The van der Waals surface area contributed by atoms with Gasteiger partial charge in [-0.1, -0.05) is 56.3 Å². The number of hydrogen-bond acceptors (Lipinski definition) is 2. The molecule has 25 heavy (non-hydrogen) atoms. The fourth-order valence-corrected chi connectivity index (χ4v) is 3.14. The van der Waals surface area contributed by atoms with Crippen molar-refractivity contribution in [3.63, 3.8) is 0 Å². The Balaban J connectivity index is 2.25. The van der Waals surface area contributed by atoms with Crippen LogP contribution in [-0.2, 0) is 11.2 Å². The van der Waals surface area contributed by atoms with Crippen LogP contribution in [0.4, 0.5) is 0 Å². The van der Waals surface area contributed by atoms with Crippen LogP contribution in [0.3, 0.4) is 0 Å². The molecule has 0 unspecified atom stereocenters. The van der Waals surface area contributed by atoms with Gasteiger partial charge in [-0.3, -0.25) is 4.79 Å². The second-order valence-electron chi connectivity index (χ2n) is 6.11. The molecule has 1 aliphatic rings. The quantitative estimate of drug-likeness (QED) is 0.833. The number of allylic oxidation sites excluding steroid dienone is 5. The van der Waals surface area contributed by atoms with Crippen LogP contribution < -0.4 is 0 Å². The number of carbonyl (C=O) groups is 1. The molecule has 126 valence electrons. The standard InChI is InChI=1S/C23H22O2/c1-3-16-14-19(10-12-21(16)24)23(18-8-6-5-7-9-18)20-11-13-22(25)17(4-2)15-20/h5-15,24H,3-4H2,1-2H3. The summed E-state index contributed by atoms with van der Waals surface area (Å²) in [6.45, 7) is 4.03. The maximum Gasteiger partial charge on any atom is 0.181 e. The van der Waals surface area contributed by atoms with Crippen molar-refractivity contribution < 1.29 is 9.90 Å². The molecule has 0 atom stereocenters. The number of hydrogen-bond donors (Lipinski definition) is 1. The second kappa shape index (κ2) is 7.35. The summed E-state index contributed by atoms with van der Waals surface area (Å²) >= 11 is 0. The molecule has 0 radical (unpaired) electrons. The van der Waals surface area contributed by atoms with Gasteiger partial charge in [0.2, 0.25) is 0 Å². The van der Waals surface area contributed by atoms with Gasteiger partial charge in [0, 0.05) is 0 Å². The molecule has 0 spiro atoms. The van der Waals surface area contributed by atoms with E-state index in [4.69, 9.17) is 0 Å². The van der Waals surface area contributed by atoms with E-state index in [0.29, 0.717) is 12.2 Å². The molecule has 0 saturated carbocycles. The highest BCUT2D eigenvalue weighted by Crippen LogP contribution is 2.33. The number of carbonyl (C=O) groups excluding carboxylic acids is 1. The first kappa shape index (κ1) is 17.0. The Hall–Kier alpha value is -2.87. The van der Waals surface area contributed by atoms with Gasteiger partial charge in [-0.25, -0.2) is 0 Å². The Bertz CT molecular complexity index is 884. The molecule has 3 rings (SSSR count). The van der Waals surface area contributed by atoms with E-state index in [0.717, 1.165) is 39.8 Å². The summed E-state index contributed by atoms with van der Waals surface area (Å²) in [6.07, 6.45) is 7.01. The van der Waals surface area contributed by atoms with Crippen molar-refractivity contribution in [3.05, 3.63) is 94.6 Å². The summed E-state index contributed by atoms with van der Waals surface area (Å²) < 4.78 is 0. The lowest BCUT2D eigenvalue weighted by molar-refractivity contribution is -0.111. The van der Waals surface area contributed by atoms with E-state index in [1.54, 1.807) is 12.1 Å². The van der Waals surface area contributed by atoms with E-state index in [-0.39, 0.29) is 5.78 Å². The fraction of sp³-hybridized carbons (Fsp3) is 0.174. The number of aromatic hydroxyl groups is 1. The van der Waals surface area contributed by atoms with Crippen molar-refractivity contribution in [2.24, 2.45) is 0 Å². The van der Waals surface area contributed by atoms with Crippen LogP contribution in [-0.4, -0.2) is 10.9 Å². The van der Waals surface area contributed by atoms with E-state index in [1.165, 1.54) is 0 Å². The lowest BCUT2D eigenvalue weighted by atomic mass is 9.88. The van der Waals surface area contributed by atoms with Gasteiger partial charge < -0.3 is 5.11 Å². The Labute approximate surface area is 148 Å². The highest BCUT2D eigenvalue weighted by Gasteiger charge is 2.16. The third-order valence-corrected chi connectivity index (χ3v) is 4.54. The zero-order chi connectivity index (χ0) is 17.8. The number of phenolic OH excluding ortho intramolecular Hbond substituents is 1. The Morgan fingerprint density at radius 1 is 0.920 bits per heavy atom. The molecular weight excluding hydrogens is 308 g/mol. The van der Waals surface area contributed by atoms with E-state index < -0.39 is 0 Å². The van der Waals surface area contributed by atoms with Crippen molar-refractivity contribution in [2.75, 3.05) is 0 Å². The van der Waals surface area contributed by atoms with Gasteiger partial charge in [-0.2, -0.15) is 0 Å². The number of ketones is 1. The first-order valence-electron chi connectivity index (χ1n) is 8.69. The SMILES string of the molecule is CCC1=CC(=C(c2ccccc2)c2ccc(O)c(CC)c2)C=CC1=O. The second-order valence-corrected chi connectivity index (χ2v) is 6.11. The number of phenols is 1. The predicted molar refractivity (Wildman–Crippen MR) is 102 cm³/mol. The van der Waals surface area contributed by atoms with Gasteiger partial charge in [0.15, 0.2) is 5.78 Å². The minimum Gasteiger partial charge on any atom is -0.508 e. The van der Waals surface area contributed by atoms with Crippen molar-refractivity contribution >= 4 is 11.4 Å². The molecule has 2 aromatic rings. The summed E-state index contributed by atoms with van der Waals surface area (Å²) in [4.78, 5) is 12.0. The molecule has 1 N–H and O–H groups in total. The molecule has 0 fully saturated rings. The van der Waals surface area contributed by atoms with Gasteiger partial charge >= 0.3 is 0 Å². The summed E-state index contributed by atoms with van der Waals surface area (Å²) in [5.74, 6) is 0.404. The highest BCUT2D eigenvalue weighted by atomic mass is 16.3. The van der Waals surface area contributed by atoms with Gasteiger partial charge in [0.25, 0.3) is 0 Å². The molecule has 0 aromatic heterocycles. The van der Waals surface area contributed by atoms with E-state index in [9.17, 15) is 9.90 Å². The summed E-state index contributed by atoms with van der Waals surface area (Å²) in [6, 6.07) is 15.9. The topological polar surface area (TPSA) is 37.3 Å². The Kier molecular flexibility index (Phi) is 4.99. The van der Waals surface area contributed by atoms with Crippen LogP contribution in [0.1, 0.15) is 37.0 Å². The normalized spacial score (nSPS) is 15.9. The van der Waals surface area contributed by atoms with Crippen molar-refractivity contribution in [3.8, 4) is 5.75 Å². The van der Waals surface area contributed by atoms with Crippen molar-refractivity contribution in [1.29, 1.82) is 0 Å². The third-order valence-electron chi connectivity index (χ3n) is 4.54. The Morgan fingerprint density at radius 2 is 1.68 bits per heavy atom. The average Bonchev–Trinajstić information content (AvgIpc) is 2.65.